The molecule has 4 saturated carbocycles. The van der Waals surface area contributed by atoms with Crippen LogP contribution in [-0.4, -0.2) is 223 Å². The molecule has 6 aliphatic heterocycles. The maximum Gasteiger partial charge on any atom is 0.422 e. The fourth-order valence-corrected chi connectivity index (χ4v) is 21.0. The summed E-state index contributed by atoms with van der Waals surface area (Å²) in [6.07, 6.45) is 6.52. The monoisotopic (exact) mass is 2110 g/mol. The maximum atomic E-state index is 14.1. The van der Waals surface area contributed by atoms with Gasteiger partial charge in [0.2, 0.25) is 35.4 Å². The van der Waals surface area contributed by atoms with E-state index in [4.69, 9.17) is 57.6 Å². The van der Waals surface area contributed by atoms with E-state index in [2.05, 4.69) is 25.6 Å². The zero-order chi connectivity index (χ0) is 101. The Bertz CT molecular complexity index is 5380. The van der Waals surface area contributed by atoms with Crippen LogP contribution >= 0.6 is 0 Å². The summed E-state index contributed by atoms with van der Waals surface area (Å²) in [5.41, 5.74) is 0.898. The van der Waals surface area contributed by atoms with E-state index in [9.17, 15) is 82.7 Å². The molecule has 10 aliphatic rings. The third-order valence-electron chi connectivity index (χ3n) is 29.4. The number of carbonyl (C=O) groups is 6. The van der Waals surface area contributed by atoms with Gasteiger partial charge in [0.1, 0.15) is 82.0 Å². The van der Waals surface area contributed by atoms with Gasteiger partial charge >= 0.3 is 36.7 Å². The smallest absolute Gasteiger partial charge is 0.422 e. The summed E-state index contributed by atoms with van der Waals surface area (Å²) in [6.45, 7) is 21.7. The van der Waals surface area contributed by atoms with Crippen LogP contribution < -0.4 is 39.1 Å². The number of aromatic nitrogens is 6. The molecule has 775 valence electrons. The fraction of sp³-hybridized carbons (Fsp3) is 0.673. The molecule has 29 nitrogen and oxygen atoms in total. The van der Waals surface area contributed by atoms with Crippen molar-refractivity contribution in [3.05, 3.63) is 71.7 Å². The Morgan fingerprint density at radius 2 is 0.789 bits per heavy atom. The van der Waals surface area contributed by atoms with Gasteiger partial charge in [0.25, 0.3) is 0 Å². The first kappa shape index (κ1) is 113. The number of halogens is 9. The van der Waals surface area contributed by atoms with Crippen molar-refractivity contribution >= 4 is 87.8 Å². The van der Waals surface area contributed by atoms with Crippen molar-refractivity contribution < 1.29 is 181 Å². The number of carbonyl (C=O) groups excluding carboxylic acids is 9. The molecule has 2 N–H and O–H groups in total. The number of benzene rings is 3. The number of hydrogen-bond donors (Lipinski definition) is 2. The Kier molecular flexibility index (Phi) is 36.7. The van der Waals surface area contributed by atoms with E-state index in [-0.39, 0.29) is 146 Å². The molecule has 6 bridgehead atoms. The Morgan fingerprint density at radius 1 is 0.415 bits per heavy atom. The molecular formula is C101H127F9N11O18V3-3. The van der Waals surface area contributed by atoms with Crippen LogP contribution in [0.15, 0.2) is 54.6 Å². The number of aryl methyl sites for hydroxylation is 3. The van der Waals surface area contributed by atoms with Gasteiger partial charge in [-0.2, -0.15) is 39.5 Å². The van der Waals surface area contributed by atoms with E-state index in [1.54, 1.807) is 39.0 Å². The predicted octanol–water partition coefficient (Wildman–Crippen LogP) is 17.4. The summed E-state index contributed by atoms with van der Waals surface area (Å²) in [5, 5.41) is 5.65. The molecule has 7 fully saturated rings. The quantitative estimate of drug-likeness (QED) is 0.0587. The van der Waals surface area contributed by atoms with Crippen LogP contribution in [0.25, 0.3) is 33.1 Å². The zero-order valence-electron chi connectivity index (χ0n) is 82.5. The number of ether oxygens (including phenoxy) is 9. The molecule has 4 aliphatic carbocycles. The van der Waals surface area contributed by atoms with Crippen LogP contribution in [-0.2, 0) is 123 Å². The third kappa shape index (κ3) is 27.9. The summed E-state index contributed by atoms with van der Waals surface area (Å²) < 4.78 is 167. The van der Waals surface area contributed by atoms with E-state index in [0.29, 0.717) is 81.3 Å². The minimum Gasteiger partial charge on any atom is -0.540 e. The van der Waals surface area contributed by atoms with Gasteiger partial charge in [-0.15, -0.1) is 0 Å². The molecular weight excluding hydrogens is 1980 g/mol. The second-order valence-corrected chi connectivity index (χ2v) is 43.1. The molecule has 3 radical (unpaired) electrons. The maximum absolute atomic E-state index is 14.1. The van der Waals surface area contributed by atoms with Gasteiger partial charge < -0.3 is 82.3 Å². The van der Waals surface area contributed by atoms with Crippen molar-refractivity contribution in [1.29, 1.82) is 0 Å². The van der Waals surface area contributed by atoms with Crippen molar-refractivity contribution in [2.24, 2.45) is 69.5 Å². The molecule has 3 aromatic heterocycles. The van der Waals surface area contributed by atoms with E-state index in [1.165, 1.54) is 51.1 Å². The van der Waals surface area contributed by atoms with E-state index >= 15 is 0 Å². The van der Waals surface area contributed by atoms with Crippen LogP contribution in [0, 0.1) is 69.5 Å². The average molecular weight is 2110 g/mol. The largest absolute Gasteiger partial charge is 0.540 e. The number of rotatable bonds is 9. The first-order valence-corrected chi connectivity index (χ1v) is 48.6. The summed E-state index contributed by atoms with van der Waals surface area (Å²) in [5.74, 6) is -1.41. The Morgan fingerprint density at radius 3 is 1.17 bits per heavy atom. The van der Waals surface area contributed by atoms with E-state index in [1.807, 2.05) is 95.0 Å². The molecule has 41 heteroatoms. The Labute approximate surface area is 856 Å². The van der Waals surface area contributed by atoms with Gasteiger partial charge in [-0.25, -0.2) is 58.4 Å². The number of hydrogen-bond acceptors (Lipinski definition) is 24. The summed E-state index contributed by atoms with van der Waals surface area (Å²) in [7, 11) is 0. The average Bonchev–Trinajstić information content (AvgIpc) is 1.60. The molecule has 5 amide bonds. The topological polar surface area (TPSA) is 348 Å². The minimum atomic E-state index is -4.50. The van der Waals surface area contributed by atoms with Crippen molar-refractivity contribution in [2.75, 3.05) is 39.5 Å². The van der Waals surface area contributed by atoms with Gasteiger partial charge in [-0.3, -0.25) is 19.2 Å². The molecule has 16 rings (SSSR count). The Balaban J connectivity index is 0.000000201. The standard InChI is InChI=1S/C34H42F3N4O6.C34H44F3N4O6.C33H41F3N3O6.3V/c1-18-26(16-42)41-15-28(18)46-30-24(38-23-11-10-20(14-25(23)39-30)45-17-34(35,36)37)9-7-5-6-8-21-22-12-19(22)13-27(21)47-32(44)40-29(31(41)43)33(2,3)4;1-20-26(18-42)41-17-27(20)46-29-24(38-23-14-13-22(16-25(23)39-29)45-19-34(35,36)37)12-8-6-7-10-21-11-9-15-33(21,5)47-31(44)40-28(30(41)43)32(2,3)4;1-19-26(17-40)39-16-27(19)44-29-24(37-23-12-11-21(13-25(23)38-29)43-18-33(34,35)36)10-8-6-7-9-20-15-32(20,5)45-28(41)14-22(30(39)42)31(2,3)4;;;/h10-11,14,18-19,21-22,26-29H,5-9,12-13,15,17H2,1-4H3,(H,40,44);13-14,16,20-21,26-28H,6-12,15,17,19H2,1-5H3,(H,40,44);11-13,19-20,22,26-27H,6-10,14-16,18H2,1-5H3;;;/q3*-1;;;/t18-,19?,21+,22?,26+,27+,28-,29+;20-,21+,26+,27-,28+,33+;19-,20+,22+,26+,27-,32+;;;/m000.../s1. The van der Waals surface area contributed by atoms with Gasteiger partial charge in [0.15, 0.2) is 19.8 Å². The molecule has 6 aromatic rings. The molecule has 20 atom stereocenters. The van der Waals surface area contributed by atoms with Crippen LogP contribution in [0.3, 0.4) is 0 Å². The van der Waals surface area contributed by atoms with Crippen molar-refractivity contribution in [3.8, 4) is 34.9 Å². The van der Waals surface area contributed by atoms with Crippen molar-refractivity contribution in [2.45, 2.75) is 323 Å². The van der Waals surface area contributed by atoms with Gasteiger partial charge in [0.05, 0.1) is 65.1 Å². The number of nitrogens with zero attached hydrogens (tertiary/aromatic N) is 9. The molecule has 3 saturated heterocycles. The van der Waals surface area contributed by atoms with Gasteiger partial charge in [-0.1, -0.05) is 140 Å². The summed E-state index contributed by atoms with van der Waals surface area (Å²) in [6, 6.07) is 8.38. The summed E-state index contributed by atoms with van der Waals surface area (Å²) >= 11 is 0. The number of alkyl halides is 9. The molecule has 0 spiro atoms. The van der Waals surface area contributed by atoms with E-state index in [0.717, 1.165) is 116 Å². The number of esters is 1. The summed E-state index contributed by atoms with van der Waals surface area (Å²) in [4.78, 5) is 151. The number of fused-ring (bicyclic) bond motifs is 17. The number of amides is 5. The normalized spacial score (nSPS) is 29.8. The third-order valence-corrected chi connectivity index (χ3v) is 29.4. The molecule has 2 unspecified atom stereocenters. The zero-order valence-corrected chi connectivity index (χ0v) is 86.7. The first-order chi connectivity index (χ1) is 65.4. The molecule has 142 heavy (non-hydrogen) atoms. The van der Waals surface area contributed by atoms with Crippen LogP contribution in [0.5, 0.6) is 34.9 Å². The van der Waals surface area contributed by atoms with Crippen LogP contribution in [0.1, 0.15) is 236 Å². The predicted molar refractivity (Wildman–Crippen MR) is 489 cm³/mol. The molecule has 9 heterocycles. The first-order valence-electron chi connectivity index (χ1n) is 48.6. The van der Waals surface area contributed by atoms with E-state index < -0.39 is 168 Å². The minimum absolute atomic E-state index is 0. The fourth-order valence-electron chi connectivity index (χ4n) is 21.0. The molecule has 3 aromatic carbocycles. The second-order valence-electron chi connectivity index (χ2n) is 43.1. The Hall–Kier alpha value is -8.97. The van der Waals surface area contributed by atoms with Crippen LogP contribution in [0.2, 0.25) is 0 Å². The van der Waals surface area contributed by atoms with Crippen LogP contribution in [0.4, 0.5) is 49.1 Å². The number of alkyl carbamates (subject to hydrolysis) is 2. The second kappa shape index (κ2) is 46.0. The SMILES string of the molecule is C[C@@H]1[C@@H]2CN(C(=O)[C@H](C(C)(C)C)CC(=O)O[C@]3(C)C[C@H]3CCCCCc3nc4ccc(OCC(F)(F)F)cc4nc3O2)[C@@H]1[C-]=O.C[C@@H]1[C@@H]2CN(C(=O)[C@H](C(C)(C)C)NC(=O)O[C@@H]3CC4CC4[C@H]3CCCCCc3nc4ccc(OCC(F)(F)F)cc4nc3O2)[C@@H]1[C-]=O.C[C@@H]1[C@@H]2CN(C(=O)[C@H](C(C)(C)C)NC(=O)O[C@]3(C)CCC[C@H]3CCCCCc3nc4ccc(OCC(F)(F)F)cc4nc3O2)[C@@H]1[C-]=O.[V].[V].[V]. The van der Waals surface area contributed by atoms with Crippen molar-refractivity contribution in [3.63, 3.8) is 0 Å². The van der Waals surface area contributed by atoms with Gasteiger partial charge in [0, 0.05) is 79.8 Å². The van der Waals surface area contributed by atoms with Gasteiger partial charge in [-0.05, 0) is 204 Å². The number of nitrogens with one attached hydrogen (secondary N) is 2. The van der Waals surface area contributed by atoms with Crippen molar-refractivity contribution in [1.82, 2.24) is 55.2 Å².